The Bertz CT molecular complexity index is 440. The van der Waals surface area contributed by atoms with E-state index in [1.807, 2.05) is 27.7 Å². The highest BCUT2D eigenvalue weighted by molar-refractivity contribution is 5.28. The van der Waals surface area contributed by atoms with Gasteiger partial charge in [0.15, 0.2) is 0 Å². The normalized spacial score (nSPS) is 16.8. The highest BCUT2D eigenvalue weighted by atomic mass is 19.4. The molecule has 21 heavy (non-hydrogen) atoms. The summed E-state index contributed by atoms with van der Waals surface area (Å²) < 4.78 is 37.8. The number of hydrogen-bond acceptors (Lipinski definition) is 2. The predicted molar refractivity (Wildman–Crippen MR) is 78.0 cm³/mol. The SMILES string of the molecule is CCN(CC)C(C)(CC)C(O)c1ccc(C(F)(F)F)cc1. The van der Waals surface area contributed by atoms with Crippen LogP contribution in [-0.4, -0.2) is 28.6 Å². The van der Waals surface area contributed by atoms with Crippen molar-refractivity contribution in [2.45, 2.75) is 51.9 Å². The van der Waals surface area contributed by atoms with Crippen LogP contribution in [0.15, 0.2) is 24.3 Å². The van der Waals surface area contributed by atoms with Crippen LogP contribution in [0.3, 0.4) is 0 Å². The van der Waals surface area contributed by atoms with Crippen molar-refractivity contribution in [1.29, 1.82) is 0 Å². The van der Waals surface area contributed by atoms with E-state index < -0.39 is 23.4 Å². The van der Waals surface area contributed by atoms with E-state index in [-0.39, 0.29) is 0 Å². The number of nitrogens with zero attached hydrogens (tertiary/aromatic N) is 1. The van der Waals surface area contributed by atoms with E-state index in [0.29, 0.717) is 12.0 Å². The molecular weight excluding hydrogens is 279 g/mol. The van der Waals surface area contributed by atoms with Crippen molar-refractivity contribution in [1.82, 2.24) is 4.90 Å². The molecule has 0 aliphatic rings. The third kappa shape index (κ3) is 3.77. The van der Waals surface area contributed by atoms with Crippen LogP contribution in [0.4, 0.5) is 13.2 Å². The van der Waals surface area contributed by atoms with Crippen molar-refractivity contribution in [3.05, 3.63) is 35.4 Å². The molecule has 0 amide bonds. The summed E-state index contributed by atoms with van der Waals surface area (Å²) in [7, 11) is 0. The van der Waals surface area contributed by atoms with Gasteiger partial charge in [0.25, 0.3) is 0 Å². The average Bonchev–Trinajstić information content (AvgIpc) is 2.46. The number of aliphatic hydroxyl groups is 1. The second-order valence-corrected chi connectivity index (χ2v) is 5.41. The summed E-state index contributed by atoms with van der Waals surface area (Å²) in [5.74, 6) is 0. The molecular formula is C16H24F3NO. The largest absolute Gasteiger partial charge is 0.416 e. The minimum atomic E-state index is -4.35. The average molecular weight is 303 g/mol. The quantitative estimate of drug-likeness (QED) is 0.849. The molecule has 0 heterocycles. The van der Waals surface area contributed by atoms with Gasteiger partial charge >= 0.3 is 6.18 Å². The number of likely N-dealkylation sites (N-methyl/N-ethyl adjacent to an activating group) is 1. The highest BCUT2D eigenvalue weighted by Crippen LogP contribution is 2.36. The van der Waals surface area contributed by atoms with Gasteiger partial charge in [0.1, 0.15) is 0 Å². The summed E-state index contributed by atoms with van der Waals surface area (Å²) in [6, 6.07) is 4.78. The predicted octanol–water partition coefficient (Wildman–Crippen LogP) is 4.25. The van der Waals surface area contributed by atoms with E-state index >= 15 is 0 Å². The van der Waals surface area contributed by atoms with Gasteiger partial charge in [-0.15, -0.1) is 0 Å². The van der Waals surface area contributed by atoms with E-state index in [9.17, 15) is 18.3 Å². The number of aliphatic hydroxyl groups excluding tert-OH is 1. The van der Waals surface area contributed by atoms with Crippen LogP contribution in [0.2, 0.25) is 0 Å². The lowest BCUT2D eigenvalue weighted by molar-refractivity contribution is -0.137. The van der Waals surface area contributed by atoms with Gasteiger partial charge < -0.3 is 5.11 Å². The van der Waals surface area contributed by atoms with Gasteiger partial charge in [-0.05, 0) is 44.1 Å². The summed E-state index contributed by atoms with van der Waals surface area (Å²) in [5, 5.41) is 10.6. The second kappa shape index (κ2) is 6.79. The third-order valence-electron chi connectivity index (χ3n) is 4.34. The Balaban J connectivity index is 3.08. The zero-order valence-corrected chi connectivity index (χ0v) is 13.0. The van der Waals surface area contributed by atoms with E-state index in [0.717, 1.165) is 25.2 Å². The molecule has 1 N–H and O–H groups in total. The van der Waals surface area contributed by atoms with E-state index in [4.69, 9.17) is 0 Å². The van der Waals surface area contributed by atoms with Crippen LogP contribution in [0.1, 0.15) is 51.3 Å². The highest BCUT2D eigenvalue weighted by Gasteiger charge is 2.37. The van der Waals surface area contributed by atoms with Gasteiger partial charge in [0.05, 0.1) is 11.7 Å². The molecule has 0 radical (unpaired) electrons. The first-order valence-electron chi connectivity index (χ1n) is 7.30. The monoisotopic (exact) mass is 303 g/mol. The summed E-state index contributed by atoms with van der Waals surface area (Å²) in [4.78, 5) is 2.13. The lowest BCUT2D eigenvalue weighted by atomic mass is 9.85. The first kappa shape index (κ1) is 18.0. The third-order valence-corrected chi connectivity index (χ3v) is 4.34. The molecule has 0 spiro atoms. The summed E-state index contributed by atoms with van der Waals surface area (Å²) >= 11 is 0. The van der Waals surface area contributed by atoms with Crippen molar-refractivity contribution >= 4 is 0 Å². The number of halogens is 3. The maximum atomic E-state index is 12.6. The summed E-state index contributed by atoms with van der Waals surface area (Å²) in [5.41, 5.74) is -0.678. The standard InChI is InChI=1S/C16H24F3NO/c1-5-15(4,20(6-2)7-3)14(21)12-8-10-13(11-9-12)16(17,18)19/h8-11,14,21H,5-7H2,1-4H3. The fourth-order valence-corrected chi connectivity index (χ4v) is 2.75. The Labute approximate surface area is 124 Å². The van der Waals surface area contributed by atoms with Gasteiger partial charge in [-0.1, -0.05) is 32.9 Å². The molecule has 1 rings (SSSR count). The van der Waals surface area contributed by atoms with E-state index in [1.54, 1.807) is 0 Å². The van der Waals surface area contributed by atoms with Gasteiger partial charge in [-0.3, -0.25) is 4.90 Å². The maximum absolute atomic E-state index is 12.6. The van der Waals surface area contributed by atoms with Gasteiger partial charge in [0, 0.05) is 5.54 Å². The Hall–Kier alpha value is -1.07. The molecule has 1 aromatic rings. The molecule has 0 aliphatic heterocycles. The molecule has 0 aromatic heterocycles. The van der Waals surface area contributed by atoms with E-state index in [1.165, 1.54) is 12.1 Å². The molecule has 2 nitrogen and oxygen atoms in total. The summed E-state index contributed by atoms with van der Waals surface area (Å²) in [6.07, 6.45) is -4.47. The lowest BCUT2D eigenvalue weighted by Crippen LogP contribution is -2.50. The van der Waals surface area contributed by atoms with Crippen LogP contribution < -0.4 is 0 Å². The van der Waals surface area contributed by atoms with Crippen molar-refractivity contribution in [3.63, 3.8) is 0 Å². The maximum Gasteiger partial charge on any atom is 0.416 e. The van der Waals surface area contributed by atoms with Crippen LogP contribution in [-0.2, 0) is 6.18 Å². The van der Waals surface area contributed by atoms with Crippen molar-refractivity contribution < 1.29 is 18.3 Å². The molecule has 0 bridgehead atoms. The molecule has 5 heteroatoms. The smallest absolute Gasteiger partial charge is 0.386 e. The van der Waals surface area contributed by atoms with Crippen LogP contribution in [0, 0.1) is 0 Å². The molecule has 2 unspecified atom stereocenters. The van der Waals surface area contributed by atoms with Gasteiger partial charge in [-0.2, -0.15) is 13.2 Å². The van der Waals surface area contributed by atoms with Crippen molar-refractivity contribution in [3.8, 4) is 0 Å². The lowest BCUT2D eigenvalue weighted by Gasteiger charge is -2.43. The van der Waals surface area contributed by atoms with Crippen LogP contribution >= 0.6 is 0 Å². The van der Waals surface area contributed by atoms with Crippen LogP contribution in [0.5, 0.6) is 0 Å². The molecule has 0 saturated heterocycles. The molecule has 0 saturated carbocycles. The first-order valence-corrected chi connectivity index (χ1v) is 7.30. The number of benzene rings is 1. The first-order chi connectivity index (χ1) is 9.70. The van der Waals surface area contributed by atoms with Crippen molar-refractivity contribution in [2.75, 3.05) is 13.1 Å². The zero-order chi connectivity index (χ0) is 16.3. The second-order valence-electron chi connectivity index (χ2n) is 5.41. The minimum Gasteiger partial charge on any atom is -0.386 e. The topological polar surface area (TPSA) is 23.5 Å². The summed E-state index contributed by atoms with van der Waals surface area (Å²) in [6.45, 7) is 9.50. The molecule has 2 atom stereocenters. The minimum absolute atomic E-state index is 0.497. The number of alkyl halides is 3. The van der Waals surface area contributed by atoms with Gasteiger partial charge in [-0.25, -0.2) is 0 Å². The number of hydrogen-bond donors (Lipinski definition) is 1. The fourth-order valence-electron chi connectivity index (χ4n) is 2.75. The van der Waals surface area contributed by atoms with E-state index in [2.05, 4.69) is 4.90 Å². The molecule has 0 aliphatic carbocycles. The Morgan fingerprint density at radius 1 is 1.05 bits per heavy atom. The molecule has 1 aromatic carbocycles. The van der Waals surface area contributed by atoms with Crippen LogP contribution in [0.25, 0.3) is 0 Å². The zero-order valence-electron chi connectivity index (χ0n) is 13.0. The van der Waals surface area contributed by atoms with Crippen molar-refractivity contribution in [2.24, 2.45) is 0 Å². The van der Waals surface area contributed by atoms with Gasteiger partial charge in [0.2, 0.25) is 0 Å². The Kier molecular flexibility index (Phi) is 5.82. The Morgan fingerprint density at radius 2 is 1.52 bits per heavy atom. The number of rotatable bonds is 6. The molecule has 0 fully saturated rings. The molecule has 120 valence electrons. The fraction of sp³-hybridized carbons (Fsp3) is 0.625. The Morgan fingerprint density at radius 3 is 1.86 bits per heavy atom.